The zero-order valence-corrected chi connectivity index (χ0v) is 11.9. The van der Waals surface area contributed by atoms with E-state index in [9.17, 15) is 30.3 Å². The summed E-state index contributed by atoms with van der Waals surface area (Å²) in [5.74, 6) is -1.15. The average Bonchev–Trinajstić information content (AvgIpc) is 2.54. The van der Waals surface area contributed by atoms with E-state index in [-0.39, 0.29) is 0 Å². The molecule has 2 aliphatic heterocycles. The van der Waals surface area contributed by atoms with E-state index in [1.165, 1.54) is 0 Å². The van der Waals surface area contributed by atoms with E-state index in [1.807, 2.05) is 0 Å². The standard InChI is InChI=1S/C12H20O11/c13-1-3-5(15)7(17)8(18)12(22-3)23-10-6(16)4(2-14)21-11(20)9(10)19/h3-10,12-19H,1-2H2/t3-,4?,5+,6-,7+,8-,9-,10-,12+/m1/s1. The highest BCUT2D eigenvalue weighted by atomic mass is 16.7. The van der Waals surface area contributed by atoms with Crippen molar-refractivity contribution in [1.29, 1.82) is 0 Å². The Hall–Kier alpha value is -0.890. The van der Waals surface area contributed by atoms with Crippen LogP contribution in [0.4, 0.5) is 0 Å². The Labute approximate surface area is 130 Å². The Balaban J connectivity index is 2.13. The molecule has 0 amide bonds. The van der Waals surface area contributed by atoms with Gasteiger partial charge in [0.1, 0.15) is 36.6 Å². The molecular formula is C12H20O11. The number of rotatable bonds is 4. The van der Waals surface area contributed by atoms with Gasteiger partial charge in [-0.25, -0.2) is 4.79 Å². The molecule has 0 saturated carbocycles. The zero-order chi connectivity index (χ0) is 17.3. The number of hydrogen-bond donors (Lipinski definition) is 7. The Morgan fingerprint density at radius 1 is 0.870 bits per heavy atom. The minimum absolute atomic E-state index is 0.693. The summed E-state index contributed by atoms with van der Waals surface area (Å²) < 4.78 is 14.8. The van der Waals surface area contributed by atoms with Gasteiger partial charge in [0, 0.05) is 0 Å². The first-order valence-electron chi connectivity index (χ1n) is 6.95. The second-order valence-corrected chi connectivity index (χ2v) is 5.39. The SMILES string of the molecule is O=C1OC(CO)[C@@H](O)[C@@H](O[C@@H]2O[C@H](CO)[C@H](O)[C@H](O)[C@H]2O)[C@H]1O. The smallest absolute Gasteiger partial charge is 0.338 e. The maximum absolute atomic E-state index is 11.5. The lowest BCUT2D eigenvalue weighted by Crippen LogP contribution is -2.63. The molecule has 1 unspecified atom stereocenters. The lowest BCUT2D eigenvalue weighted by atomic mass is 9.97. The number of aliphatic hydroxyl groups excluding tert-OH is 7. The lowest BCUT2D eigenvalue weighted by Gasteiger charge is -2.43. The third kappa shape index (κ3) is 3.47. The van der Waals surface area contributed by atoms with Crippen molar-refractivity contribution in [3.8, 4) is 0 Å². The molecule has 23 heavy (non-hydrogen) atoms. The first-order chi connectivity index (χ1) is 10.8. The molecule has 0 radical (unpaired) electrons. The fourth-order valence-corrected chi connectivity index (χ4v) is 2.46. The van der Waals surface area contributed by atoms with Gasteiger partial charge >= 0.3 is 5.97 Å². The molecule has 2 rings (SSSR count). The molecule has 0 aliphatic carbocycles. The number of carbonyl (C=O) groups is 1. The molecule has 0 spiro atoms. The number of hydrogen-bond acceptors (Lipinski definition) is 11. The molecule has 11 heteroatoms. The molecular weight excluding hydrogens is 320 g/mol. The molecule has 7 N–H and O–H groups in total. The molecule has 2 saturated heterocycles. The van der Waals surface area contributed by atoms with Crippen molar-refractivity contribution < 1.29 is 54.8 Å². The summed E-state index contributed by atoms with van der Waals surface area (Å²) in [7, 11) is 0. The quantitative estimate of drug-likeness (QED) is 0.242. The molecule has 2 aliphatic rings. The summed E-state index contributed by atoms with van der Waals surface area (Å²) in [4.78, 5) is 11.5. The second kappa shape index (κ2) is 7.34. The highest BCUT2D eigenvalue weighted by molar-refractivity contribution is 5.76. The van der Waals surface area contributed by atoms with Gasteiger partial charge in [0.05, 0.1) is 13.2 Å². The first-order valence-corrected chi connectivity index (χ1v) is 6.95. The van der Waals surface area contributed by atoms with Gasteiger partial charge in [-0.2, -0.15) is 0 Å². The van der Waals surface area contributed by atoms with Crippen molar-refractivity contribution in [2.45, 2.75) is 55.1 Å². The summed E-state index contributed by atoms with van der Waals surface area (Å²) in [6.07, 6.45) is -14.5. The summed E-state index contributed by atoms with van der Waals surface area (Å²) in [5, 5.41) is 67.0. The topological polar surface area (TPSA) is 186 Å². The molecule has 11 nitrogen and oxygen atoms in total. The van der Waals surface area contributed by atoms with Crippen LogP contribution in [0.3, 0.4) is 0 Å². The molecule has 0 bridgehead atoms. The highest BCUT2D eigenvalue weighted by Crippen LogP contribution is 2.27. The molecule has 0 aromatic carbocycles. The van der Waals surface area contributed by atoms with Crippen LogP contribution in [0.15, 0.2) is 0 Å². The van der Waals surface area contributed by atoms with Crippen LogP contribution in [-0.2, 0) is 19.0 Å². The van der Waals surface area contributed by atoms with Gasteiger partial charge in [0.25, 0.3) is 0 Å². The summed E-state index contributed by atoms with van der Waals surface area (Å²) in [5.41, 5.74) is 0. The lowest BCUT2D eigenvalue weighted by molar-refractivity contribution is -0.330. The van der Waals surface area contributed by atoms with Crippen molar-refractivity contribution in [2.24, 2.45) is 0 Å². The van der Waals surface area contributed by atoms with Crippen molar-refractivity contribution in [1.82, 2.24) is 0 Å². The van der Waals surface area contributed by atoms with Crippen LogP contribution in [0.5, 0.6) is 0 Å². The molecule has 0 aromatic rings. The maximum atomic E-state index is 11.5. The van der Waals surface area contributed by atoms with E-state index in [1.54, 1.807) is 0 Å². The van der Waals surface area contributed by atoms with Crippen LogP contribution < -0.4 is 0 Å². The van der Waals surface area contributed by atoms with Crippen LogP contribution >= 0.6 is 0 Å². The summed E-state index contributed by atoms with van der Waals surface area (Å²) in [6, 6.07) is 0. The van der Waals surface area contributed by atoms with E-state index in [0.717, 1.165) is 0 Å². The third-order valence-corrected chi connectivity index (χ3v) is 3.86. The number of cyclic esters (lactones) is 1. The number of carbonyl (C=O) groups excluding carboxylic acids is 1. The van der Waals surface area contributed by atoms with Crippen LogP contribution in [0.2, 0.25) is 0 Å². The number of esters is 1. The van der Waals surface area contributed by atoms with E-state index in [2.05, 4.69) is 4.74 Å². The predicted octanol–water partition coefficient (Wildman–Crippen LogP) is -5.19. The van der Waals surface area contributed by atoms with Crippen molar-refractivity contribution >= 4 is 5.97 Å². The van der Waals surface area contributed by atoms with Crippen LogP contribution in [0.1, 0.15) is 0 Å². The Morgan fingerprint density at radius 3 is 2.04 bits per heavy atom. The van der Waals surface area contributed by atoms with Gasteiger partial charge in [-0.1, -0.05) is 0 Å². The number of ether oxygens (including phenoxy) is 3. The fraction of sp³-hybridized carbons (Fsp3) is 0.917. The summed E-state index contributed by atoms with van der Waals surface area (Å²) >= 11 is 0. The third-order valence-electron chi connectivity index (χ3n) is 3.86. The van der Waals surface area contributed by atoms with E-state index in [4.69, 9.17) is 19.7 Å². The van der Waals surface area contributed by atoms with Gasteiger partial charge in [-0.3, -0.25) is 0 Å². The minimum atomic E-state index is -1.92. The van der Waals surface area contributed by atoms with Gasteiger partial charge < -0.3 is 50.0 Å². The van der Waals surface area contributed by atoms with E-state index < -0.39 is 74.3 Å². The van der Waals surface area contributed by atoms with Gasteiger partial charge in [-0.15, -0.1) is 0 Å². The largest absolute Gasteiger partial charge is 0.455 e. The van der Waals surface area contributed by atoms with Crippen LogP contribution in [0, 0.1) is 0 Å². The van der Waals surface area contributed by atoms with E-state index >= 15 is 0 Å². The minimum Gasteiger partial charge on any atom is -0.455 e. The first kappa shape index (κ1) is 18.4. The number of aliphatic hydroxyl groups is 7. The molecule has 0 aromatic heterocycles. The van der Waals surface area contributed by atoms with Gasteiger partial charge in [-0.05, 0) is 0 Å². The highest BCUT2D eigenvalue weighted by Gasteiger charge is 2.50. The maximum Gasteiger partial charge on any atom is 0.338 e. The Morgan fingerprint density at radius 2 is 1.48 bits per heavy atom. The molecule has 2 fully saturated rings. The van der Waals surface area contributed by atoms with Crippen molar-refractivity contribution in [3.05, 3.63) is 0 Å². The normalized spacial score (nSPS) is 48.1. The van der Waals surface area contributed by atoms with Crippen LogP contribution in [-0.4, -0.2) is 110 Å². The van der Waals surface area contributed by atoms with E-state index in [0.29, 0.717) is 0 Å². The van der Waals surface area contributed by atoms with Crippen molar-refractivity contribution in [2.75, 3.05) is 13.2 Å². The summed E-state index contributed by atoms with van der Waals surface area (Å²) in [6.45, 7) is -1.42. The molecule has 9 atom stereocenters. The average molecular weight is 340 g/mol. The van der Waals surface area contributed by atoms with Crippen molar-refractivity contribution in [3.63, 3.8) is 0 Å². The zero-order valence-electron chi connectivity index (χ0n) is 11.9. The fourth-order valence-electron chi connectivity index (χ4n) is 2.46. The second-order valence-electron chi connectivity index (χ2n) is 5.39. The Bertz CT molecular complexity index is 416. The predicted molar refractivity (Wildman–Crippen MR) is 67.6 cm³/mol. The van der Waals surface area contributed by atoms with Gasteiger partial charge in [0.15, 0.2) is 18.5 Å². The van der Waals surface area contributed by atoms with Crippen LogP contribution in [0.25, 0.3) is 0 Å². The van der Waals surface area contributed by atoms with Gasteiger partial charge in [0.2, 0.25) is 0 Å². The molecule has 134 valence electrons. The monoisotopic (exact) mass is 340 g/mol. The Kier molecular flexibility index (Phi) is 5.89. The molecule has 2 heterocycles.